The van der Waals surface area contributed by atoms with Crippen molar-refractivity contribution >= 4 is 0 Å². The van der Waals surface area contributed by atoms with Gasteiger partial charge in [0.1, 0.15) is 0 Å². The zero-order valence-corrected chi connectivity index (χ0v) is 13.9. The summed E-state index contributed by atoms with van der Waals surface area (Å²) in [5.74, 6) is 0. The number of hydrogen-bond acceptors (Lipinski definition) is 5. The first-order chi connectivity index (χ1) is 10.3. The molecule has 126 valence electrons. The normalized spacial score (nSPS) is 15.8. The van der Waals surface area contributed by atoms with Crippen LogP contribution in [0.3, 0.4) is 0 Å². The molecule has 0 heterocycles. The maximum Gasteiger partial charge on any atom is 0.0639 e. The van der Waals surface area contributed by atoms with Gasteiger partial charge >= 0.3 is 0 Å². The molecule has 5 N–H and O–H groups in total. The summed E-state index contributed by atoms with van der Waals surface area (Å²) in [5.41, 5.74) is 8.93. The topological polar surface area (TPSA) is 90.0 Å². The van der Waals surface area contributed by atoms with Crippen molar-refractivity contribution in [1.29, 1.82) is 0 Å². The van der Waals surface area contributed by atoms with Crippen molar-refractivity contribution in [1.82, 2.24) is 4.90 Å². The van der Waals surface area contributed by atoms with E-state index in [1.807, 2.05) is 17.0 Å². The van der Waals surface area contributed by atoms with Crippen LogP contribution in [0.1, 0.15) is 37.5 Å². The van der Waals surface area contributed by atoms with Crippen molar-refractivity contribution in [3.63, 3.8) is 0 Å². The molecule has 5 heteroatoms. The highest BCUT2D eigenvalue weighted by Crippen LogP contribution is 2.15. The van der Waals surface area contributed by atoms with E-state index in [2.05, 4.69) is 6.07 Å². The number of hydrogen-bond donors (Lipinski definition) is 4. The van der Waals surface area contributed by atoms with E-state index in [0.29, 0.717) is 32.6 Å². The highest BCUT2D eigenvalue weighted by Gasteiger charge is 2.13. The molecule has 1 aromatic carbocycles. The van der Waals surface area contributed by atoms with E-state index in [4.69, 9.17) is 5.73 Å². The molecule has 1 aromatic rings. The van der Waals surface area contributed by atoms with E-state index in [9.17, 15) is 15.3 Å². The van der Waals surface area contributed by atoms with Crippen molar-refractivity contribution < 1.29 is 15.3 Å². The lowest BCUT2D eigenvalue weighted by Gasteiger charge is -2.25. The Labute approximate surface area is 133 Å². The Bertz CT molecular complexity index is 438. The summed E-state index contributed by atoms with van der Waals surface area (Å²) in [6, 6.07) is 6.12. The average molecular weight is 310 g/mol. The van der Waals surface area contributed by atoms with Crippen molar-refractivity contribution in [2.75, 3.05) is 13.1 Å². The number of rotatable bonds is 9. The fraction of sp³-hybridized carbons (Fsp3) is 0.647. The van der Waals surface area contributed by atoms with Crippen LogP contribution in [-0.2, 0) is 19.5 Å². The van der Waals surface area contributed by atoms with E-state index in [0.717, 1.165) is 16.7 Å². The second kappa shape index (κ2) is 9.22. The molecule has 0 aliphatic heterocycles. The van der Waals surface area contributed by atoms with Gasteiger partial charge in [0.05, 0.1) is 18.3 Å². The lowest BCUT2D eigenvalue weighted by Crippen LogP contribution is -2.35. The van der Waals surface area contributed by atoms with Gasteiger partial charge in [-0.3, -0.25) is 4.90 Å². The quantitative estimate of drug-likeness (QED) is 0.537. The smallest absolute Gasteiger partial charge is 0.0639 e. The van der Waals surface area contributed by atoms with Gasteiger partial charge in [-0.2, -0.15) is 0 Å². The van der Waals surface area contributed by atoms with Crippen LogP contribution in [0, 0.1) is 0 Å². The molecular weight excluding hydrogens is 280 g/mol. The lowest BCUT2D eigenvalue weighted by molar-refractivity contribution is 0.0794. The van der Waals surface area contributed by atoms with Crippen LogP contribution in [0.25, 0.3) is 0 Å². The molecule has 0 radical (unpaired) electrons. The molecular formula is C17H30N2O3. The zero-order chi connectivity index (χ0) is 16.7. The highest BCUT2D eigenvalue weighted by molar-refractivity contribution is 5.30. The Morgan fingerprint density at radius 3 is 1.82 bits per heavy atom. The number of aliphatic hydroxyl groups excluding tert-OH is 3. The van der Waals surface area contributed by atoms with Gasteiger partial charge in [-0.1, -0.05) is 18.2 Å². The number of aliphatic hydroxyl groups is 3. The molecule has 0 aliphatic rings. The van der Waals surface area contributed by atoms with Gasteiger partial charge in [-0.15, -0.1) is 0 Å². The molecule has 0 aliphatic carbocycles. The summed E-state index contributed by atoms with van der Waals surface area (Å²) >= 11 is 0. The van der Waals surface area contributed by atoms with Crippen LogP contribution in [0.4, 0.5) is 0 Å². The molecule has 0 saturated carbocycles. The lowest BCUT2D eigenvalue weighted by atomic mass is 10.0. The number of nitrogens with zero attached hydrogens (tertiary/aromatic N) is 1. The van der Waals surface area contributed by atoms with Crippen LogP contribution in [0.2, 0.25) is 0 Å². The monoisotopic (exact) mass is 310 g/mol. The molecule has 0 bridgehead atoms. The molecule has 0 aromatic heterocycles. The van der Waals surface area contributed by atoms with Crippen LogP contribution in [0.15, 0.2) is 18.2 Å². The fourth-order valence-corrected chi connectivity index (χ4v) is 2.72. The van der Waals surface area contributed by atoms with Crippen LogP contribution >= 0.6 is 0 Å². The molecule has 3 atom stereocenters. The van der Waals surface area contributed by atoms with E-state index in [1.165, 1.54) is 0 Å². The SMILES string of the molecule is CC(O)Cc1cc(CN)cc(CN(CC(C)O)CC(C)O)c1. The second-order valence-corrected chi connectivity index (χ2v) is 6.31. The molecule has 0 fully saturated rings. The third kappa shape index (κ3) is 7.33. The number of nitrogens with two attached hydrogens (primary N) is 1. The third-order valence-corrected chi connectivity index (χ3v) is 3.33. The molecule has 3 unspecified atom stereocenters. The van der Waals surface area contributed by atoms with Gasteiger partial charge < -0.3 is 21.1 Å². The van der Waals surface area contributed by atoms with Crippen molar-refractivity contribution in [3.8, 4) is 0 Å². The van der Waals surface area contributed by atoms with Crippen molar-refractivity contribution in [2.45, 2.75) is 58.6 Å². The second-order valence-electron chi connectivity index (χ2n) is 6.31. The molecule has 0 amide bonds. The van der Waals surface area contributed by atoms with E-state index in [1.54, 1.807) is 20.8 Å². The van der Waals surface area contributed by atoms with Crippen LogP contribution in [0.5, 0.6) is 0 Å². The van der Waals surface area contributed by atoms with Crippen LogP contribution in [-0.4, -0.2) is 51.6 Å². The predicted molar refractivity (Wildman–Crippen MR) is 88.4 cm³/mol. The molecule has 1 rings (SSSR count). The maximum atomic E-state index is 9.61. The summed E-state index contributed by atoms with van der Waals surface area (Å²) < 4.78 is 0. The van der Waals surface area contributed by atoms with Gasteiger partial charge in [0, 0.05) is 26.2 Å². The summed E-state index contributed by atoms with van der Waals surface area (Å²) in [7, 11) is 0. The minimum Gasteiger partial charge on any atom is -0.393 e. The van der Waals surface area contributed by atoms with Gasteiger partial charge in [0.2, 0.25) is 0 Å². The Hall–Kier alpha value is -0.980. The Morgan fingerprint density at radius 1 is 0.864 bits per heavy atom. The van der Waals surface area contributed by atoms with Gasteiger partial charge in [0.15, 0.2) is 0 Å². The standard InChI is InChI=1S/C17H30N2O3/c1-12(20)4-15-5-16(8-18)7-17(6-15)11-19(9-13(2)21)10-14(3)22/h5-7,12-14,20-22H,4,8-11,18H2,1-3H3. The first-order valence-corrected chi connectivity index (χ1v) is 7.88. The van der Waals surface area contributed by atoms with Gasteiger partial charge in [0.25, 0.3) is 0 Å². The summed E-state index contributed by atoms with van der Waals surface area (Å²) in [4.78, 5) is 2.02. The third-order valence-electron chi connectivity index (χ3n) is 3.33. The van der Waals surface area contributed by atoms with Gasteiger partial charge in [-0.05, 0) is 43.9 Å². The van der Waals surface area contributed by atoms with E-state index in [-0.39, 0.29) is 0 Å². The minimum atomic E-state index is -0.451. The Balaban J connectivity index is 2.91. The first-order valence-electron chi connectivity index (χ1n) is 7.88. The predicted octanol–water partition coefficient (Wildman–Crippen LogP) is 0.632. The van der Waals surface area contributed by atoms with E-state index >= 15 is 0 Å². The largest absolute Gasteiger partial charge is 0.393 e. The van der Waals surface area contributed by atoms with Gasteiger partial charge in [-0.25, -0.2) is 0 Å². The first kappa shape index (κ1) is 19.1. The Morgan fingerprint density at radius 2 is 1.36 bits per heavy atom. The average Bonchev–Trinajstić information content (AvgIpc) is 2.35. The molecule has 22 heavy (non-hydrogen) atoms. The number of benzene rings is 1. The fourth-order valence-electron chi connectivity index (χ4n) is 2.72. The molecule has 0 saturated heterocycles. The summed E-state index contributed by atoms with van der Waals surface area (Å²) in [6.07, 6.45) is -0.707. The molecule has 5 nitrogen and oxygen atoms in total. The molecule has 0 spiro atoms. The van der Waals surface area contributed by atoms with E-state index < -0.39 is 18.3 Å². The zero-order valence-electron chi connectivity index (χ0n) is 13.9. The maximum absolute atomic E-state index is 9.61. The van der Waals surface area contributed by atoms with Crippen LogP contribution < -0.4 is 5.73 Å². The van der Waals surface area contributed by atoms with Crippen molar-refractivity contribution in [2.24, 2.45) is 5.73 Å². The Kier molecular flexibility index (Phi) is 8.00. The minimum absolute atomic E-state index is 0.396. The highest BCUT2D eigenvalue weighted by atomic mass is 16.3. The summed E-state index contributed by atoms with van der Waals surface area (Å²) in [5, 5.41) is 28.8. The summed E-state index contributed by atoms with van der Waals surface area (Å²) in [6.45, 7) is 7.34. The van der Waals surface area contributed by atoms with Crippen molar-refractivity contribution in [3.05, 3.63) is 34.9 Å².